The number of nitrogens with zero attached hydrogens (tertiary/aromatic N) is 4. The molecular weight excluding hydrogens is 364 g/mol. The van der Waals surface area contributed by atoms with Crippen molar-refractivity contribution < 1.29 is 19.1 Å². The minimum atomic E-state index is -0.862. The van der Waals surface area contributed by atoms with Crippen LogP contribution in [0.1, 0.15) is 32.9 Å². The van der Waals surface area contributed by atoms with Crippen molar-refractivity contribution >= 4 is 35.2 Å². The maximum absolute atomic E-state index is 12.2. The highest BCUT2D eigenvalue weighted by Gasteiger charge is 2.22. The largest absolute Gasteiger partial charge is 0.379 e. The number of ether oxygens (including phenoxy) is 1. The zero-order valence-corrected chi connectivity index (χ0v) is 16.4. The maximum atomic E-state index is 12.2. The van der Waals surface area contributed by atoms with Crippen LogP contribution in [0.2, 0.25) is 0 Å². The van der Waals surface area contributed by atoms with Crippen LogP contribution in [0.15, 0.2) is 28.2 Å². The molecule has 0 aliphatic carbocycles. The molecule has 0 radical (unpaired) electrons. The van der Waals surface area contributed by atoms with Gasteiger partial charge in [0.15, 0.2) is 0 Å². The van der Waals surface area contributed by atoms with Crippen molar-refractivity contribution in [2.24, 2.45) is 9.98 Å². The minimum absolute atomic E-state index is 0.00968. The summed E-state index contributed by atoms with van der Waals surface area (Å²) in [5.41, 5.74) is 1.15. The molecule has 10 heteroatoms. The summed E-state index contributed by atoms with van der Waals surface area (Å²) in [6.45, 7) is 11.6. The van der Waals surface area contributed by atoms with Crippen LogP contribution in [0.25, 0.3) is 0 Å². The SMILES string of the molecule is C=C1C(=O)N=C(n2nc(C)cc2NC(=O)C(=O)NCCCOC(C)C)N=C1C. The summed E-state index contributed by atoms with van der Waals surface area (Å²) in [6, 6.07) is 1.54. The summed E-state index contributed by atoms with van der Waals surface area (Å²) in [4.78, 5) is 44.0. The highest BCUT2D eigenvalue weighted by molar-refractivity contribution is 6.39. The van der Waals surface area contributed by atoms with E-state index in [9.17, 15) is 14.4 Å². The highest BCUT2D eigenvalue weighted by Crippen LogP contribution is 2.14. The van der Waals surface area contributed by atoms with E-state index in [1.165, 1.54) is 4.68 Å². The fourth-order valence-electron chi connectivity index (χ4n) is 2.24. The number of hydrogen-bond donors (Lipinski definition) is 2. The van der Waals surface area contributed by atoms with Crippen LogP contribution in [0.3, 0.4) is 0 Å². The lowest BCUT2D eigenvalue weighted by atomic mass is 10.2. The number of aliphatic imine (C=N–C) groups is 2. The van der Waals surface area contributed by atoms with Crippen LogP contribution in [-0.4, -0.2) is 58.4 Å². The van der Waals surface area contributed by atoms with Crippen molar-refractivity contribution in [2.75, 3.05) is 18.5 Å². The maximum Gasteiger partial charge on any atom is 0.314 e. The Kier molecular flexibility index (Phi) is 6.94. The van der Waals surface area contributed by atoms with Crippen molar-refractivity contribution in [3.05, 3.63) is 23.9 Å². The number of rotatable bonds is 6. The molecule has 0 fully saturated rings. The highest BCUT2D eigenvalue weighted by atomic mass is 16.5. The lowest BCUT2D eigenvalue weighted by molar-refractivity contribution is -0.136. The Balaban J connectivity index is 2.02. The Labute approximate surface area is 162 Å². The van der Waals surface area contributed by atoms with E-state index >= 15 is 0 Å². The molecule has 1 aliphatic rings. The van der Waals surface area contributed by atoms with E-state index < -0.39 is 17.7 Å². The molecule has 1 aromatic rings. The second kappa shape index (κ2) is 9.18. The van der Waals surface area contributed by atoms with Gasteiger partial charge in [0.2, 0.25) is 0 Å². The van der Waals surface area contributed by atoms with Gasteiger partial charge in [0.25, 0.3) is 11.9 Å². The lowest BCUT2D eigenvalue weighted by Crippen LogP contribution is -2.37. The van der Waals surface area contributed by atoms with Gasteiger partial charge < -0.3 is 15.4 Å². The number of nitrogens with one attached hydrogen (secondary N) is 2. The summed E-state index contributed by atoms with van der Waals surface area (Å²) in [7, 11) is 0. The third kappa shape index (κ3) is 5.43. The molecule has 0 saturated heterocycles. The minimum Gasteiger partial charge on any atom is -0.379 e. The van der Waals surface area contributed by atoms with Crippen LogP contribution < -0.4 is 10.6 Å². The average molecular weight is 388 g/mol. The molecule has 2 N–H and O–H groups in total. The first-order chi connectivity index (χ1) is 13.2. The van der Waals surface area contributed by atoms with Gasteiger partial charge in [-0.25, -0.2) is 4.99 Å². The molecule has 0 saturated carbocycles. The molecule has 10 nitrogen and oxygen atoms in total. The van der Waals surface area contributed by atoms with E-state index in [0.29, 0.717) is 31.0 Å². The van der Waals surface area contributed by atoms with E-state index in [1.807, 2.05) is 13.8 Å². The molecule has 1 aromatic heterocycles. The third-order valence-corrected chi connectivity index (χ3v) is 3.69. The predicted molar refractivity (Wildman–Crippen MR) is 104 cm³/mol. The van der Waals surface area contributed by atoms with Gasteiger partial charge in [-0.2, -0.15) is 14.8 Å². The van der Waals surface area contributed by atoms with Gasteiger partial charge in [-0.3, -0.25) is 14.4 Å². The second-order valence-corrected chi connectivity index (χ2v) is 6.46. The Morgan fingerprint density at radius 1 is 1.25 bits per heavy atom. The van der Waals surface area contributed by atoms with Crippen LogP contribution in [0.4, 0.5) is 5.82 Å². The zero-order valence-electron chi connectivity index (χ0n) is 16.4. The van der Waals surface area contributed by atoms with Gasteiger partial charge in [0, 0.05) is 19.2 Å². The number of carbonyl (C=O) groups excluding carboxylic acids is 3. The predicted octanol–water partition coefficient (Wildman–Crippen LogP) is 0.823. The number of anilines is 1. The van der Waals surface area contributed by atoms with Crippen molar-refractivity contribution in [2.45, 2.75) is 40.2 Å². The summed E-state index contributed by atoms with van der Waals surface area (Å²) < 4.78 is 6.57. The molecule has 28 heavy (non-hydrogen) atoms. The van der Waals surface area contributed by atoms with Gasteiger partial charge in [-0.1, -0.05) is 6.58 Å². The van der Waals surface area contributed by atoms with Crippen molar-refractivity contribution in [3.63, 3.8) is 0 Å². The van der Waals surface area contributed by atoms with Gasteiger partial charge in [-0.05, 0) is 34.1 Å². The average Bonchev–Trinajstić information content (AvgIpc) is 2.98. The molecule has 2 rings (SSSR count). The first-order valence-electron chi connectivity index (χ1n) is 8.84. The van der Waals surface area contributed by atoms with Crippen molar-refractivity contribution in [1.82, 2.24) is 15.1 Å². The van der Waals surface area contributed by atoms with Crippen molar-refractivity contribution in [1.29, 1.82) is 0 Å². The number of aryl methyl sites for hydroxylation is 1. The number of amides is 3. The van der Waals surface area contributed by atoms with Gasteiger partial charge in [0.05, 0.1) is 23.1 Å². The van der Waals surface area contributed by atoms with Crippen LogP contribution in [0.5, 0.6) is 0 Å². The number of aromatic nitrogens is 2. The monoisotopic (exact) mass is 388 g/mol. The van der Waals surface area contributed by atoms with E-state index in [-0.39, 0.29) is 23.5 Å². The first kappa shape index (κ1) is 21.2. The van der Waals surface area contributed by atoms with Crippen LogP contribution >= 0.6 is 0 Å². The molecule has 150 valence electrons. The lowest BCUT2D eigenvalue weighted by Gasteiger charge is -2.12. The fraction of sp³-hybridized carbons (Fsp3) is 0.444. The molecule has 3 amide bonds. The Morgan fingerprint density at radius 2 is 1.96 bits per heavy atom. The smallest absolute Gasteiger partial charge is 0.314 e. The summed E-state index contributed by atoms with van der Waals surface area (Å²) >= 11 is 0. The van der Waals surface area contributed by atoms with Crippen molar-refractivity contribution in [3.8, 4) is 0 Å². The van der Waals surface area contributed by atoms with Gasteiger partial charge in [-0.15, -0.1) is 0 Å². The summed E-state index contributed by atoms with van der Waals surface area (Å²) in [5.74, 6) is -2.02. The molecule has 0 unspecified atom stereocenters. The fourth-order valence-corrected chi connectivity index (χ4v) is 2.24. The normalized spacial score (nSPS) is 14.0. The summed E-state index contributed by atoms with van der Waals surface area (Å²) in [5, 5.41) is 9.16. The quantitative estimate of drug-likeness (QED) is 0.424. The molecule has 0 spiro atoms. The Morgan fingerprint density at radius 3 is 2.61 bits per heavy atom. The van der Waals surface area contributed by atoms with E-state index in [2.05, 4.69) is 32.3 Å². The third-order valence-electron chi connectivity index (χ3n) is 3.69. The summed E-state index contributed by atoms with van der Waals surface area (Å²) in [6.07, 6.45) is 0.700. The topological polar surface area (TPSA) is 127 Å². The molecule has 1 aliphatic heterocycles. The first-order valence-corrected chi connectivity index (χ1v) is 8.84. The molecule has 0 bridgehead atoms. The van der Waals surface area contributed by atoms with Crippen LogP contribution in [-0.2, 0) is 19.1 Å². The number of hydrogen-bond acceptors (Lipinski definition) is 6. The van der Waals surface area contributed by atoms with Gasteiger partial charge in [0.1, 0.15) is 5.82 Å². The Hall–Kier alpha value is -3.14. The van der Waals surface area contributed by atoms with E-state index in [0.717, 1.165) is 0 Å². The molecule has 2 heterocycles. The van der Waals surface area contributed by atoms with E-state index in [1.54, 1.807) is 19.9 Å². The van der Waals surface area contributed by atoms with Gasteiger partial charge >= 0.3 is 11.8 Å². The standard InChI is InChI=1S/C18H24N6O4/c1-10(2)28-8-6-7-19-16(26)17(27)21-14-9-11(3)23-24(14)18-20-13(5)12(4)15(25)22-18/h9-10H,4,6-8H2,1-3,5H3,(H,19,26)(H,21,27). The number of carbonyl (C=O) groups is 3. The second-order valence-electron chi connectivity index (χ2n) is 6.46. The molecule has 0 atom stereocenters. The zero-order chi connectivity index (χ0) is 20.8. The van der Waals surface area contributed by atoms with E-state index in [4.69, 9.17) is 4.74 Å². The van der Waals surface area contributed by atoms with Crippen LogP contribution in [0, 0.1) is 6.92 Å². The Bertz CT molecular complexity index is 865. The molecular formula is C18H24N6O4. The molecule has 0 aromatic carbocycles.